The van der Waals surface area contributed by atoms with Crippen molar-refractivity contribution in [3.05, 3.63) is 83.1 Å². The highest BCUT2D eigenvalue weighted by Gasteiger charge is 2.14. The Balaban J connectivity index is 1.47. The standard InChI is InChI=1S/C23H23N5O2/c1-14-10-17(4-5-20(14)19-6-8-24-15(2)11-19)13-25-23(30)22-26-21-12-18(16(3)29)7-9-28(21)27-22/h4-12,16,29H,13H2,1-3H3,(H,25,30). The molecule has 1 aromatic carbocycles. The lowest BCUT2D eigenvalue weighted by Crippen LogP contribution is -2.24. The summed E-state index contributed by atoms with van der Waals surface area (Å²) in [6.07, 6.45) is 2.89. The highest BCUT2D eigenvalue weighted by atomic mass is 16.3. The van der Waals surface area contributed by atoms with Gasteiger partial charge in [-0.05, 0) is 72.9 Å². The van der Waals surface area contributed by atoms with E-state index in [0.717, 1.165) is 33.5 Å². The van der Waals surface area contributed by atoms with Crippen LogP contribution in [-0.4, -0.2) is 30.6 Å². The van der Waals surface area contributed by atoms with E-state index in [4.69, 9.17) is 0 Å². The number of hydrogen-bond acceptors (Lipinski definition) is 5. The van der Waals surface area contributed by atoms with Gasteiger partial charge in [0.2, 0.25) is 5.82 Å². The maximum absolute atomic E-state index is 12.5. The van der Waals surface area contributed by atoms with E-state index in [2.05, 4.69) is 45.5 Å². The number of aromatic nitrogens is 4. The van der Waals surface area contributed by atoms with E-state index < -0.39 is 6.10 Å². The van der Waals surface area contributed by atoms with E-state index in [1.165, 1.54) is 4.52 Å². The second-order valence-electron chi connectivity index (χ2n) is 7.39. The van der Waals surface area contributed by atoms with Crippen LogP contribution in [0.2, 0.25) is 0 Å². The van der Waals surface area contributed by atoms with Gasteiger partial charge < -0.3 is 10.4 Å². The minimum atomic E-state index is -0.605. The highest BCUT2D eigenvalue weighted by Crippen LogP contribution is 2.24. The first-order valence-corrected chi connectivity index (χ1v) is 9.76. The number of nitrogens with zero attached hydrogens (tertiary/aromatic N) is 4. The number of fused-ring (bicyclic) bond motifs is 1. The van der Waals surface area contributed by atoms with Crippen LogP contribution in [-0.2, 0) is 6.54 Å². The van der Waals surface area contributed by atoms with Gasteiger partial charge in [-0.3, -0.25) is 9.78 Å². The Labute approximate surface area is 174 Å². The van der Waals surface area contributed by atoms with Gasteiger partial charge in [0.1, 0.15) is 0 Å². The Bertz CT molecular complexity index is 1230. The summed E-state index contributed by atoms with van der Waals surface area (Å²) >= 11 is 0. The lowest BCUT2D eigenvalue weighted by Gasteiger charge is -2.10. The zero-order valence-corrected chi connectivity index (χ0v) is 17.1. The van der Waals surface area contributed by atoms with Crippen LogP contribution in [0.25, 0.3) is 16.8 Å². The van der Waals surface area contributed by atoms with E-state index in [9.17, 15) is 9.90 Å². The van der Waals surface area contributed by atoms with Gasteiger partial charge in [0.05, 0.1) is 6.10 Å². The third-order valence-electron chi connectivity index (χ3n) is 5.00. The van der Waals surface area contributed by atoms with Crippen molar-refractivity contribution < 1.29 is 9.90 Å². The molecule has 1 unspecified atom stereocenters. The Morgan fingerprint density at radius 2 is 2.00 bits per heavy atom. The Kier molecular flexibility index (Phi) is 5.29. The van der Waals surface area contributed by atoms with Crippen LogP contribution in [0.4, 0.5) is 0 Å². The van der Waals surface area contributed by atoms with Crippen LogP contribution in [0.3, 0.4) is 0 Å². The minimum absolute atomic E-state index is 0.0957. The topological polar surface area (TPSA) is 92.4 Å². The predicted molar refractivity (Wildman–Crippen MR) is 114 cm³/mol. The Morgan fingerprint density at radius 1 is 1.17 bits per heavy atom. The molecule has 0 radical (unpaired) electrons. The average Bonchev–Trinajstić information content (AvgIpc) is 3.15. The molecule has 7 heteroatoms. The molecule has 4 aromatic rings. The fourth-order valence-electron chi connectivity index (χ4n) is 3.39. The zero-order chi connectivity index (χ0) is 21.3. The molecule has 0 bridgehead atoms. The molecule has 0 aliphatic heterocycles. The SMILES string of the molecule is Cc1cc(-c2ccc(CNC(=O)c3nc4cc(C(C)O)ccn4n3)cc2C)ccn1. The highest BCUT2D eigenvalue weighted by molar-refractivity contribution is 5.90. The van der Waals surface area contributed by atoms with E-state index in [1.807, 2.05) is 25.3 Å². The van der Waals surface area contributed by atoms with Crippen LogP contribution >= 0.6 is 0 Å². The van der Waals surface area contributed by atoms with Crippen molar-refractivity contribution >= 4 is 11.6 Å². The third-order valence-corrected chi connectivity index (χ3v) is 5.00. The number of carbonyl (C=O) groups is 1. The largest absolute Gasteiger partial charge is 0.389 e. The Hall–Kier alpha value is -3.58. The molecule has 0 saturated carbocycles. The van der Waals surface area contributed by atoms with Crippen LogP contribution in [0, 0.1) is 13.8 Å². The summed E-state index contributed by atoms with van der Waals surface area (Å²) in [5.74, 6) is -0.248. The number of carbonyl (C=O) groups excluding carboxylic acids is 1. The number of nitrogens with one attached hydrogen (secondary N) is 1. The van der Waals surface area contributed by atoms with E-state index >= 15 is 0 Å². The number of pyridine rings is 2. The number of amides is 1. The van der Waals surface area contributed by atoms with Crippen LogP contribution in [0.1, 0.15) is 46.0 Å². The number of rotatable bonds is 5. The van der Waals surface area contributed by atoms with Crippen LogP contribution in [0.15, 0.2) is 54.9 Å². The van der Waals surface area contributed by atoms with Crippen molar-refractivity contribution in [2.45, 2.75) is 33.4 Å². The summed E-state index contributed by atoms with van der Waals surface area (Å²) in [5.41, 5.74) is 6.61. The van der Waals surface area contributed by atoms with Gasteiger partial charge in [-0.25, -0.2) is 9.50 Å². The number of hydrogen-bond donors (Lipinski definition) is 2. The molecule has 152 valence electrons. The first-order chi connectivity index (χ1) is 14.4. The van der Waals surface area contributed by atoms with Crippen molar-refractivity contribution in [2.24, 2.45) is 0 Å². The van der Waals surface area contributed by atoms with Gasteiger partial charge in [-0.1, -0.05) is 18.2 Å². The fourth-order valence-corrected chi connectivity index (χ4v) is 3.39. The molecular weight excluding hydrogens is 378 g/mol. The number of aliphatic hydroxyl groups is 1. The van der Waals surface area contributed by atoms with Crippen LogP contribution in [0.5, 0.6) is 0 Å². The van der Waals surface area contributed by atoms with Crippen molar-refractivity contribution in [1.82, 2.24) is 24.9 Å². The smallest absolute Gasteiger partial charge is 0.291 e. The second-order valence-corrected chi connectivity index (χ2v) is 7.39. The lowest BCUT2D eigenvalue weighted by molar-refractivity contribution is 0.0940. The average molecular weight is 401 g/mol. The summed E-state index contributed by atoms with van der Waals surface area (Å²) in [4.78, 5) is 21.0. The first kappa shape index (κ1) is 19.7. The molecule has 2 N–H and O–H groups in total. The van der Waals surface area contributed by atoms with E-state index in [1.54, 1.807) is 25.3 Å². The van der Waals surface area contributed by atoms with Gasteiger partial charge in [-0.15, -0.1) is 5.10 Å². The summed E-state index contributed by atoms with van der Waals surface area (Å²) in [6, 6.07) is 13.7. The van der Waals surface area contributed by atoms with Crippen molar-refractivity contribution in [3.63, 3.8) is 0 Å². The molecule has 3 heterocycles. The summed E-state index contributed by atoms with van der Waals surface area (Å²) in [7, 11) is 0. The van der Waals surface area contributed by atoms with Gasteiger partial charge in [0.15, 0.2) is 5.65 Å². The summed E-state index contributed by atoms with van der Waals surface area (Å²) in [6.45, 7) is 6.09. The maximum Gasteiger partial charge on any atom is 0.291 e. The molecule has 7 nitrogen and oxygen atoms in total. The van der Waals surface area contributed by atoms with E-state index in [0.29, 0.717) is 12.2 Å². The molecule has 0 aliphatic carbocycles. The van der Waals surface area contributed by atoms with Gasteiger partial charge >= 0.3 is 0 Å². The van der Waals surface area contributed by atoms with Gasteiger partial charge in [0, 0.05) is 24.6 Å². The molecule has 0 spiro atoms. The number of aryl methyl sites for hydroxylation is 2. The molecule has 1 amide bonds. The first-order valence-electron chi connectivity index (χ1n) is 9.76. The normalized spacial score (nSPS) is 12.1. The molecule has 3 aromatic heterocycles. The summed E-state index contributed by atoms with van der Waals surface area (Å²) in [5, 5.41) is 16.8. The van der Waals surface area contributed by atoms with Crippen molar-refractivity contribution in [2.75, 3.05) is 0 Å². The predicted octanol–water partition coefficient (Wildman–Crippen LogP) is 3.39. The minimum Gasteiger partial charge on any atom is -0.389 e. The van der Waals surface area contributed by atoms with Crippen molar-refractivity contribution in [3.8, 4) is 11.1 Å². The van der Waals surface area contributed by atoms with Gasteiger partial charge in [-0.2, -0.15) is 0 Å². The fraction of sp³-hybridized carbons (Fsp3) is 0.217. The lowest BCUT2D eigenvalue weighted by atomic mass is 9.98. The monoisotopic (exact) mass is 401 g/mol. The van der Waals surface area contributed by atoms with E-state index in [-0.39, 0.29) is 11.7 Å². The molecule has 1 atom stereocenters. The number of aliphatic hydroxyl groups excluding tert-OH is 1. The zero-order valence-electron chi connectivity index (χ0n) is 17.1. The number of benzene rings is 1. The molecule has 4 rings (SSSR count). The van der Waals surface area contributed by atoms with Crippen molar-refractivity contribution in [1.29, 1.82) is 0 Å². The molecule has 30 heavy (non-hydrogen) atoms. The Morgan fingerprint density at radius 3 is 2.73 bits per heavy atom. The molecule has 0 aliphatic rings. The second kappa shape index (κ2) is 8.04. The van der Waals surface area contributed by atoms with Crippen LogP contribution < -0.4 is 5.32 Å². The molecule has 0 fully saturated rings. The third kappa shape index (κ3) is 4.06. The molecular formula is C23H23N5O2. The quantitative estimate of drug-likeness (QED) is 0.535. The van der Waals surface area contributed by atoms with Gasteiger partial charge in [0.25, 0.3) is 5.91 Å². The summed E-state index contributed by atoms with van der Waals surface area (Å²) < 4.78 is 1.52. The molecule has 0 saturated heterocycles. The maximum atomic E-state index is 12.5.